The number of hydrogen-bond donors (Lipinski definition) is 2. The largest absolute Gasteiger partial charge is 0.378 e. The highest BCUT2D eigenvalue weighted by Gasteiger charge is 2.15. The van der Waals surface area contributed by atoms with Crippen LogP contribution in [-0.2, 0) is 4.79 Å². The third kappa shape index (κ3) is 2.23. The van der Waals surface area contributed by atoms with E-state index in [0.717, 1.165) is 12.3 Å². The molecule has 0 spiro atoms. The van der Waals surface area contributed by atoms with Crippen molar-refractivity contribution in [2.24, 2.45) is 5.73 Å². The van der Waals surface area contributed by atoms with Crippen LogP contribution in [0.1, 0.15) is 23.8 Å². The summed E-state index contributed by atoms with van der Waals surface area (Å²) in [4.78, 5) is 13.9. The van der Waals surface area contributed by atoms with Crippen LogP contribution < -0.4 is 5.73 Å². The van der Waals surface area contributed by atoms with Crippen LogP contribution in [0, 0.1) is 0 Å². The number of alkyl halides is 2. The van der Waals surface area contributed by atoms with Gasteiger partial charge in [0.05, 0.1) is 0 Å². The van der Waals surface area contributed by atoms with Gasteiger partial charge in [0.15, 0.2) is 6.10 Å². The van der Waals surface area contributed by atoms with Crippen LogP contribution in [0.4, 0.5) is 8.78 Å². The Morgan fingerprint density at radius 2 is 2.14 bits per heavy atom. The molecule has 0 unspecified atom stereocenters. The number of aromatic nitrogens is 1. The first-order chi connectivity index (χ1) is 6.52. The van der Waals surface area contributed by atoms with E-state index in [1.807, 2.05) is 0 Å². The zero-order chi connectivity index (χ0) is 10.7. The molecule has 0 saturated heterocycles. The number of aliphatic hydroxyl groups is 1. The van der Waals surface area contributed by atoms with Crippen molar-refractivity contribution in [3.63, 3.8) is 0 Å². The molecule has 1 atom stereocenters. The predicted molar refractivity (Wildman–Crippen MR) is 43.3 cm³/mol. The fourth-order valence-corrected chi connectivity index (χ4v) is 0.872. The highest BCUT2D eigenvalue weighted by molar-refractivity contribution is 5.79. The van der Waals surface area contributed by atoms with Crippen molar-refractivity contribution in [2.75, 3.05) is 0 Å². The average molecular weight is 202 g/mol. The summed E-state index contributed by atoms with van der Waals surface area (Å²) >= 11 is 0. The number of primary amides is 1. The lowest BCUT2D eigenvalue weighted by molar-refractivity contribution is -0.126. The van der Waals surface area contributed by atoms with Crippen LogP contribution in [0.3, 0.4) is 0 Å². The SMILES string of the molecule is NC(=O)[C@@H](O)c1ccc(C(F)F)nc1. The summed E-state index contributed by atoms with van der Waals surface area (Å²) in [5.74, 6) is -0.948. The topological polar surface area (TPSA) is 76.2 Å². The maximum atomic E-state index is 12.0. The molecule has 0 radical (unpaired) electrons. The van der Waals surface area contributed by atoms with Gasteiger partial charge in [0.25, 0.3) is 12.3 Å². The van der Waals surface area contributed by atoms with Gasteiger partial charge in [-0.15, -0.1) is 0 Å². The number of rotatable bonds is 3. The summed E-state index contributed by atoms with van der Waals surface area (Å²) in [5, 5.41) is 9.13. The van der Waals surface area contributed by atoms with Gasteiger partial charge in [0, 0.05) is 11.8 Å². The van der Waals surface area contributed by atoms with Crippen molar-refractivity contribution in [2.45, 2.75) is 12.5 Å². The molecule has 4 nitrogen and oxygen atoms in total. The molecular weight excluding hydrogens is 194 g/mol. The van der Waals surface area contributed by atoms with Crippen LogP contribution in [0.15, 0.2) is 18.3 Å². The number of carbonyl (C=O) groups is 1. The summed E-state index contributed by atoms with van der Waals surface area (Å²) in [5.41, 5.74) is 4.49. The minimum atomic E-state index is -2.67. The second-order valence-corrected chi connectivity index (χ2v) is 2.62. The maximum absolute atomic E-state index is 12.0. The zero-order valence-corrected chi connectivity index (χ0v) is 7.02. The van der Waals surface area contributed by atoms with Gasteiger partial charge in [0.1, 0.15) is 5.69 Å². The van der Waals surface area contributed by atoms with Crippen LogP contribution in [0.5, 0.6) is 0 Å². The van der Waals surface area contributed by atoms with Crippen molar-refractivity contribution in [1.29, 1.82) is 0 Å². The summed E-state index contributed by atoms with van der Waals surface area (Å²) in [6.07, 6.45) is -3.18. The summed E-state index contributed by atoms with van der Waals surface area (Å²) < 4.78 is 24.1. The Hall–Kier alpha value is -1.56. The van der Waals surface area contributed by atoms with Crippen molar-refractivity contribution < 1.29 is 18.7 Å². The number of aliphatic hydroxyl groups excluding tert-OH is 1. The summed E-state index contributed by atoms with van der Waals surface area (Å²) in [6, 6.07) is 2.22. The Morgan fingerprint density at radius 3 is 2.50 bits per heavy atom. The van der Waals surface area contributed by atoms with Crippen LogP contribution in [-0.4, -0.2) is 16.0 Å². The van der Waals surface area contributed by atoms with Gasteiger partial charge in [-0.25, -0.2) is 8.78 Å². The maximum Gasteiger partial charge on any atom is 0.280 e. The smallest absolute Gasteiger partial charge is 0.280 e. The van der Waals surface area contributed by atoms with Crippen LogP contribution in [0.25, 0.3) is 0 Å². The Morgan fingerprint density at radius 1 is 1.50 bits per heavy atom. The van der Waals surface area contributed by atoms with Gasteiger partial charge in [-0.05, 0) is 6.07 Å². The highest BCUT2D eigenvalue weighted by atomic mass is 19.3. The van der Waals surface area contributed by atoms with E-state index >= 15 is 0 Å². The van der Waals surface area contributed by atoms with Gasteiger partial charge in [-0.2, -0.15) is 0 Å². The molecule has 1 amide bonds. The van der Waals surface area contributed by atoms with E-state index in [1.54, 1.807) is 0 Å². The molecule has 1 aromatic rings. The number of halogens is 2. The van der Waals surface area contributed by atoms with Crippen molar-refractivity contribution in [1.82, 2.24) is 4.98 Å². The number of pyridine rings is 1. The fourth-order valence-electron chi connectivity index (χ4n) is 0.872. The van der Waals surface area contributed by atoms with E-state index in [-0.39, 0.29) is 5.56 Å². The Labute approximate surface area is 78.4 Å². The molecular formula is C8H8F2N2O2. The van der Waals surface area contributed by atoms with Gasteiger partial charge in [-0.1, -0.05) is 6.07 Å². The number of nitrogens with two attached hydrogens (primary N) is 1. The summed E-state index contributed by atoms with van der Waals surface area (Å²) in [6.45, 7) is 0. The van der Waals surface area contributed by atoms with E-state index < -0.39 is 24.1 Å². The molecule has 3 N–H and O–H groups in total. The summed E-state index contributed by atoms with van der Waals surface area (Å²) in [7, 11) is 0. The van der Waals surface area contributed by atoms with Gasteiger partial charge < -0.3 is 10.8 Å². The van der Waals surface area contributed by atoms with Gasteiger partial charge >= 0.3 is 0 Å². The second-order valence-electron chi connectivity index (χ2n) is 2.62. The molecule has 1 heterocycles. The standard InChI is InChI=1S/C8H8F2N2O2/c9-7(10)5-2-1-4(3-12-5)6(13)8(11)14/h1-3,6-7,13H,(H2,11,14)/t6-/m0/s1. The van der Waals surface area contributed by atoms with E-state index in [1.165, 1.54) is 6.07 Å². The Bertz CT molecular complexity index is 327. The predicted octanol–water partition coefficient (Wildman–Crippen LogP) is 0.538. The van der Waals surface area contributed by atoms with Crippen molar-refractivity contribution in [3.8, 4) is 0 Å². The number of hydrogen-bond acceptors (Lipinski definition) is 3. The highest BCUT2D eigenvalue weighted by Crippen LogP contribution is 2.18. The lowest BCUT2D eigenvalue weighted by Crippen LogP contribution is -2.21. The lowest BCUT2D eigenvalue weighted by Gasteiger charge is -2.06. The molecule has 0 aromatic carbocycles. The Balaban J connectivity index is 2.88. The van der Waals surface area contributed by atoms with Crippen LogP contribution in [0.2, 0.25) is 0 Å². The third-order valence-corrected chi connectivity index (χ3v) is 1.62. The quantitative estimate of drug-likeness (QED) is 0.750. The minimum absolute atomic E-state index is 0.0990. The molecule has 1 aromatic heterocycles. The molecule has 0 aliphatic rings. The van der Waals surface area contributed by atoms with Gasteiger partial charge in [0.2, 0.25) is 0 Å². The van der Waals surface area contributed by atoms with E-state index in [2.05, 4.69) is 4.98 Å². The molecule has 14 heavy (non-hydrogen) atoms. The lowest BCUT2D eigenvalue weighted by atomic mass is 10.1. The molecule has 0 saturated carbocycles. The van der Waals surface area contributed by atoms with Crippen molar-refractivity contribution in [3.05, 3.63) is 29.6 Å². The van der Waals surface area contributed by atoms with Crippen molar-refractivity contribution >= 4 is 5.91 Å². The molecule has 0 bridgehead atoms. The normalized spacial score (nSPS) is 12.9. The number of amides is 1. The molecule has 0 fully saturated rings. The molecule has 76 valence electrons. The third-order valence-electron chi connectivity index (χ3n) is 1.62. The number of carbonyl (C=O) groups excluding carboxylic acids is 1. The molecule has 1 rings (SSSR count). The first-order valence-electron chi connectivity index (χ1n) is 3.73. The average Bonchev–Trinajstić information content (AvgIpc) is 2.16. The molecule has 0 aliphatic heterocycles. The first kappa shape index (κ1) is 10.5. The second kappa shape index (κ2) is 4.10. The minimum Gasteiger partial charge on any atom is -0.378 e. The fraction of sp³-hybridized carbons (Fsp3) is 0.250. The van der Waals surface area contributed by atoms with E-state index in [0.29, 0.717) is 0 Å². The zero-order valence-electron chi connectivity index (χ0n) is 7.02. The monoisotopic (exact) mass is 202 g/mol. The van der Waals surface area contributed by atoms with Gasteiger partial charge in [-0.3, -0.25) is 9.78 Å². The van der Waals surface area contributed by atoms with Crippen LogP contribution >= 0.6 is 0 Å². The first-order valence-corrected chi connectivity index (χ1v) is 3.73. The number of nitrogens with zero attached hydrogens (tertiary/aromatic N) is 1. The Kier molecular flexibility index (Phi) is 3.08. The van der Waals surface area contributed by atoms with E-state index in [9.17, 15) is 13.6 Å². The molecule has 0 aliphatic carbocycles. The molecule has 6 heteroatoms. The van der Waals surface area contributed by atoms with E-state index in [4.69, 9.17) is 10.8 Å².